The van der Waals surface area contributed by atoms with E-state index in [-0.39, 0.29) is 37.0 Å². The number of carbonyl (C=O) groups excluding carboxylic acids is 2. The lowest BCUT2D eigenvalue weighted by Crippen LogP contribution is -2.16. The first-order chi connectivity index (χ1) is 25.8. The van der Waals surface area contributed by atoms with Gasteiger partial charge >= 0.3 is 18.1 Å². The summed E-state index contributed by atoms with van der Waals surface area (Å²) in [6, 6.07) is 11.1. The van der Waals surface area contributed by atoms with Crippen molar-refractivity contribution in [2.24, 2.45) is 0 Å². The molecule has 2 aromatic rings. The maximum atomic E-state index is 13.0. The highest BCUT2D eigenvalue weighted by molar-refractivity contribution is 5.96. The molecule has 300 valence electrons. The Kier molecular flexibility index (Phi) is 26.0. The second kappa shape index (κ2) is 30.1. The number of esters is 2. The van der Waals surface area contributed by atoms with Gasteiger partial charge in [0, 0.05) is 12.1 Å². The number of nitrogens with one attached hydrogen (secondary N) is 1. The predicted octanol–water partition coefficient (Wildman–Crippen LogP) is 6.63. The molecule has 1 N–H and O–H groups in total. The van der Waals surface area contributed by atoms with Crippen LogP contribution >= 0.6 is 0 Å². The van der Waals surface area contributed by atoms with Gasteiger partial charge in [0.2, 0.25) is 0 Å². The summed E-state index contributed by atoms with van der Waals surface area (Å²) in [4.78, 5) is 24.2. The molecule has 0 aromatic heterocycles. The first kappa shape index (κ1) is 45.8. The van der Waals surface area contributed by atoms with E-state index in [0.717, 1.165) is 31.4 Å². The van der Waals surface area contributed by atoms with Gasteiger partial charge in [-0.05, 0) is 36.8 Å². The molecule has 0 bridgehead atoms. The molecular weight excluding hydrogens is 703 g/mol. The second-order valence-corrected chi connectivity index (χ2v) is 11.6. The largest absolute Gasteiger partial charge is 0.463 e. The van der Waals surface area contributed by atoms with Crippen molar-refractivity contribution < 1.29 is 65.4 Å². The molecular formula is C38H56F3NO11. The lowest BCUT2D eigenvalue weighted by molar-refractivity contribution is -0.145. The standard InChI is InChI=1S/C38H56F3NO11/c1-2-3-4-5-6-14-36(43)52-29-27-50-25-23-48-21-19-46-17-15-45-16-18-47-20-22-49-24-26-51-28-30-53-37(44)34-12-7-8-13-35(34)42-33-11-9-10-32(31-33)38(39,40)41/h7-13,31,42H,2-6,14-30H2,1H3. The Morgan fingerprint density at radius 1 is 0.566 bits per heavy atom. The van der Waals surface area contributed by atoms with Gasteiger partial charge in [-0.3, -0.25) is 4.79 Å². The molecule has 2 aromatic carbocycles. The Balaban J connectivity index is 1.32. The third-order valence-electron chi connectivity index (χ3n) is 7.28. The molecule has 0 aliphatic heterocycles. The molecule has 0 saturated carbocycles. The van der Waals surface area contributed by atoms with Gasteiger partial charge in [-0.2, -0.15) is 13.2 Å². The van der Waals surface area contributed by atoms with Crippen LogP contribution in [0.4, 0.5) is 24.5 Å². The van der Waals surface area contributed by atoms with Crippen LogP contribution < -0.4 is 5.32 Å². The molecule has 0 fully saturated rings. The minimum atomic E-state index is -4.48. The molecule has 0 spiro atoms. The smallest absolute Gasteiger partial charge is 0.416 e. The average molecular weight is 760 g/mol. The molecule has 0 radical (unpaired) electrons. The molecule has 12 nitrogen and oxygen atoms in total. The first-order valence-electron chi connectivity index (χ1n) is 18.2. The second-order valence-electron chi connectivity index (χ2n) is 11.6. The summed E-state index contributed by atoms with van der Waals surface area (Å²) in [7, 11) is 0. The van der Waals surface area contributed by atoms with Crippen molar-refractivity contribution in [3.8, 4) is 0 Å². The Bertz CT molecular complexity index is 1240. The topological polar surface area (TPSA) is 129 Å². The van der Waals surface area contributed by atoms with Crippen LogP contribution in [-0.4, -0.2) is 118 Å². The zero-order valence-corrected chi connectivity index (χ0v) is 30.8. The van der Waals surface area contributed by atoms with Crippen molar-refractivity contribution in [2.75, 3.05) is 111 Å². The van der Waals surface area contributed by atoms with Crippen LogP contribution in [-0.2, 0) is 53.6 Å². The molecule has 2 rings (SSSR count). The summed E-state index contributed by atoms with van der Waals surface area (Å²) < 4.78 is 87.6. The molecule has 0 aliphatic carbocycles. The highest BCUT2D eigenvalue weighted by Crippen LogP contribution is 2.32. The third-order valence-corrected chi connectivity index (χ3v) is 7.28. The Morgan fingerprint density at radius 3 is 1.55 bits per heavy atom. The highest BCUT2D eigenvalue weighted by atomic mass is 19.4. The van der Waals surface area contributed by atoms with E-state index in [4.69, 9.17) is 42.6 Å². The number of ether oxygens (including phenoxy) is 9. The molecule has 0 unspecified atom stereocenters. The number of para-hydroxylation sites is 1. The van der Waals surface area contributed by atoms with E-state index in [2.05, 4.69) is 12.2 Å². The van der Waals surface area contributed by atoms with Crippen LogP contribution in [0.2, 0.25) is 0 Å². The summed E-state index contributed by atoms with van der Waals surface area (Å²) in [6.45, 7) is 7.83. The fourth-order valence-corrected chi connectivity index (χ4v) is 4.55. The third kappa shape index (κ3) is 23.9. The van der Waals surface area contributed by atoms with Crippen LogP contribution in [0, 0.1) is 0 Å². The van der Waals surface area contributed by atoms with Gasteiger partial charge in [0.1, 0.15) is 13.2 Å². The van der Waals surface area contributed by atoms with E-state index in [1.54, 1.807) is 18.2 Å². The van der Waals surface area contributed by atoms with E-state index >= 15 is 0 Å². The van der Waals surface area contributed by atoms with Crippen LogP contribution in [0.5, 0.6) is 0 Å². The minimum Gasteiger partial charge on any atom is -0.463 e. The van der Waals surface area contributed by atoms with Gasteiger partial charge < -0.3 is 47.9 Å². The van der Waals surface area contributed by atoms with Crippen LogP contribution in [0.15, 0.2) is 48.5 Å². The number of unbranched alkanes of at least 4 members (excludes halogenated alkanes) is 4. The summed E-state index contributed by atoms with van der Waals surface area (Å²) in [5, 5.41) is 2.86. The highest BCUT2D eigenvalue weighted by Gasteiger charge is 2.30. The quantitative estimate of drug-likeness (QED) is 0.0620. The van der Waals surface area contributed by atoms with Gasteiger partial charge in [0.25, 0.3) is 0 Å². The zero-order valence-electron chi connectivity index (χ0n) is 30.8. The van der Waals surface area contributed by atoms with E-state index in [1.165, 1.54) is 31.0 Å². The molecule has 0 atom stereocenters. The summed E-state index contributed by atoms with van der Waals surface area (Å²) in [5.74, 6) is -0.798. The Hall–Kier alpha value is -3.31. The lowest BCUT2D eigenvalue weighted by Gasteiger charge is -2.13. The molecule has 0 saturated heterocycles. The molecule has 0 amide bonds. The van der Waals surface area contributed by atoms with Crippen molar-refractivity contribution in [2.45, 2.75) is 51.6 Å². The minimum absolute atomic E-state index is 0.00434. The number of anilines is 2. The van der Waals surface area contributed by atoms with Gasteiger partial charge in [0.15, 0.2) is 0 Å². The van der Waals surface area contributed by atoms with Crippen molar-refractivity contribution in [3.63, 3.8) is 0 Å². The number of alkyl halides is 3. The summed E-state index contributed by atoms with van der Waals surface area (Å²) in [6.07, 6.45) is 1.49. The molecule has 15 heteroatoms. The normalized spacial score (nSPS) is 11.5. The van der Waals surface area contributed by atoms with Gasteiger partial charge in [-0.1, -0.05) is 50.8 Å². The van der Waals surface area contributed by atoms with Crippen molar-refractivity contribution in [3.05, 3.63) is 59.7 Å². The Morgan fingerprint density at radius 2 is 1.04 bits per heavy atom. The van der Waals surface area contributed by atoms with E-state index in [1.807, 2.05) is 0 Å². The van der Waals surface area contributed by atoms with E-state index < -0.39 is 17.7 Å². The number of hydrogen-bond acceptors (Lipinski definition) is 12. The lowest BCUT2D eigenvalue weighted by atomic mass is 10.1. The van der Waals surface area contributed by atoms with E-state index in [9.17, 15) is 22.8 Å². The number of rotatable bonds is 33. The number of benzene rings is 2. The monoisotopic (exact) mass is 759 g/mol. The van der Waals surface area contributed by atoms with Gasteiger partial charge in [-0.15, -0.1) is 0 Å². The first-order valence-corrected chi connectivity index (χ1v) is 18.2. The molecule has 0 aliphatic rings. The van der Waals surface area contributed by atoms with Crippen molar-refractivity contribution in [1.82, 2.24) is 0 Å². The van der Waals surface area contributed by atoms with Crippen LogP contribution in [0.3, 0.4) is 0 Å². The molecule has 53 heavy (non-hydrogen) atoms. The summed E-state index contributed by atoms with van der Waals surface area (Å²) in [5.41, 5.74) is -0.0976. The number of carbonyl (C=O) groups is 2. The van der Waals surface area contributed by atoms with Gasteiger partial charge in [0.05, 0.1) is 109 Å². The predicted molar refractivity (Wildman–Crippen MR) is 192 cm³/mol. The maximum absolute atomic E-state index is 13.0. The average Bonchev–Trinajstić information content (AvgIpc) is 3.14. The Labute approximate surface area is 310 Å². The van der Waals surface area contributed by atoms with E-state index in [0.29, 0.717) is 98.0 Å². The molecule has 0 heterocycles. The van der Waals surface area contributed by atoms with Crippen molar-refractivity contribution in [1.29, 1.82) is 0 Å². The fraction of sp³-hybridized carbons (Fsp3) is 0.632. The maximum Gasteiger partial charge on any atom is 0.416 e. The van der Waals surface area contributed by atoms with Crippen LogP contribution in [0.25, 0.3) is 0 Å². The summed E-state index contributed by atoms with van der Waals surface area (Å²) >= 11 is 0. The van der Waals surface area contributed by atoms with Crippen molar-refractivity contribution >= 4 is 23.3 Å². The zero-order chi connectivity index (χ0) is 38.2. The number of halogens is 3. The SMILES string of the molecule is CCCCCCCC(=O)OCCOCCOCCOCCOCCOCCOCCOCCOC(=O)c1ccccc1Nc1cccc(C(F)(F)F)c1. The fourth-order valence-electron chi connectivity index (χ4n) is 4.55. The van der Waals surface area contributed by atoms with Gasteiger partial charge in [-0.25, -0.2) is 4.79 Å². The number of hydrogen-bond donors (Lipinski definition) is 1. The van der Waals surface area contributed by atoms with Crippen LogP contribution in [0.1, 0.15) is 61.4 Å².